The fourth-order valence-electron chi connectivity index (χ4n) is 3.77. The van der Waals surface area contributed by atoms with Crippen LogP contribution >= 0.6 is 12.4 Å². The van der Waals surface area contributed by atoms with Crippen molar-refractivity contribution in [1.29, 1.82) is 0 Å². The normalized spacial score (nSPS) is 28.7. The molecule has 1 saturated carbocycles. The number of likely N-dealkylation sites (tertiary alicyclic amines) is 1. The predicted molar refractivity (Wildman–Crippen MR) is 86.3 cm³/mol. The first kappa shape index (κ1) is 16.3. The van der Waals surface area contributed by atoms with Crippen LogP contribution in [0.3, 0.4) is 0 Å². The fourth-order valence-corrected chi connectivity index (χ4v) is 3.77. The van der Waals surface area contributed by atoms with Crippen molar-refractivity contribution in [2.24, 2.45) is 23.3 Å². The van der Waals surface area contributed by atoms with Gasteiger partial charge in [0.15, 0.2) is 0 Å². The van der Waals surface area contributed by atoms with Gasteiger partial charge in [0, 0.05) is 31.2 Å². The van der Waals surface area contributed by atoms with Crippen molar-refractivity contribution in [1.82, 2.24) is 4.90 Å². The van der Waals surface area contributed by atoms with E-state index in [1.54, 1.807) is 0 Å². The third kappa shape index (κ3) is 3.57. The van der Waals surface area contributed by atoms with E-state index >= 15 is 0 Å². The van der Waals surface area contributed by atoms with Gasteiger partial charge in [0.25, 0.3) is 0 Å². The monoisotopic (exact) mass is 309 g/mol. The number of primary amides is 1. The van der Waals surface area contributed by atoms with E-state index in [-0.39, 0.29) is 18.3 Å². The van der Waals surface area contributed by atoms with Gasteiger partial charge < -0.3 is 11.5 Å². The zero-order chi connectivity index (χ0) is 14.1. The molecule has 2 fully saturated rings. The van der Waals surface area contributed by atoms with Crippen LogP contribution in [-0.4, -0.2) is 29.9 Å². The molecule has 0 radical (unpaired) electrons. The van der Waals surface area contributed by atoms with Crippen LogP contribution in [0, 0.1) is 11.8 Å². The van der Waals surface area contributed by atoms with Crippen molar-refractivity contribution in [3.8, 4) is 0 Å². The average molecular weight is 310 g/mol. The second-order valence-corrected chi connectivity index (χ2v) is 6.27. The minimum absolute atomic E-state index is 0. The van der Waals surface area contributed by atoms with Crippen molar-refractivity contribution >= 4 is 18.3 Å². The largest absolute Gasteiger partial charge is 0.366 e. The summed E-state index contributed by atoms with van der Waals surface area (Å²) in [5, 5.41) is 0. The Morgan fingerprint density at radius 1 is 1.19 bits per heavy atom. The van der Waals surface area contributed by atoms with Gasteiger partial charge in [-0.25, -0.2) is 0 Å². The first-order chi connectivity index (χ1) is 9.63. The Bertz CT molecular complexity index is 491. The quantitative estimate of drug-likeness (QED) is 0.893. The second kappa shape index (κ2) is 6.77. The molecule has 3 rings (SSSR count). The first-order valence-corrected chi connectivity index (χ1v) is 7.50. The van der Waals surface area contributed by atoms with Crippen molar-refractivity contribution in [3.63, 3.8) is 0 Å². The molecule has 1 amide bonds. The van der Waals surface area contributed by atoms with Gasteiger partial charge in [-0.1, -0.05) is 18.6 Å². The summed E-state index contributed by atoms with van der Waals surface area (Å²) in [6, 6.07) is 8.01. The number of carbonyl (C=O) groups excluding carboxylic acids is 1. The molecule has 0 bridgehead atoms. The first-order valence-electron chi connectivity index (χ1n) is 7.50. The van der Waals surface area contributed by atoms with E-state index in [2.05, 4.69) is 4.90 Å². The highest BCUT2D eigenvalue weighted by molar-refractivity contribution is 5.92. The van der Waals surface area contributed by atoms with E-state index in [0.717, 1.165) is 25.6 Å². The summed E-state index contributed by atoms with van der Waals surface area (Å²) in [6.45, 7) is 3.22. The van der Waals surface area contributed by atoms with Gasteiger partial charge in [-0.3, -0.25) is 9.69 Å². The average Bonchev–Trinajstić information content (AvgIpc) is 2.83. The summed E-state index contributed by atoms with van der Waals surface area (Å²) in [4.78, 5) is 13.6. The Labute approximate surface area is 132 Å². The smallest absolute Gasteiger partial charge is 0.248 e. The van der Waals surface area contributed by atoms with Crippen LogP contribution in [0.15, 0.2) is 24.3 Å². The number of hydrogen-bond acceptors (Lipinski definition) is 3. The Hall–Kier alpha value is -1.10. The van der Waals surface area contributed by atoms with E-state index in [1.807, 2.05) is 24.3 Å². The molecule has 1 aliphatic carbocycles. The van der Waals surface area contributed by atoms with Crippen LogP contribution < -0.4 is 11.5 Å². The highest BCUT2D eigenvalue weighted by Gasteiger charge is 2.38. The van der Waals surface area contributed by atoms with Crippen LogP contribution in [0.5, 0.6) is 0 Å². The highest BCUT2D eigenvalue weighted by Crippen LogP contribution is 2.35. The van der Waals surface area contributed by atoms with Crippen LogP contribution in [0.1, 0.15) is 35.2 Å². The molecular weight excluding hydrogens is 286 g/mol. The number of nitrogens with two attached hydrogens (primary N) is 2. The lowest BCUT2D eigenvalue weighted by Gasteiger charge is -2.29. The van der Waals surface area contributed by atoms with Crippen LogP contribution in [0.4, 0.5) is 0 Å². The number of benzene rings is 1. The molecule has 0 spiro atoms. The fraction of sp³-hybridized carbons (Fsp3) is 0.562. The molecule has 3 atom stereocenters. The molecule has 1 saturated heterocycles. The Kier molecular flexibility index (Phi) is 5.25. The molecule has 0 aromatic heterocycles. The Balaban J connectivity index is 0.00000161. The number of rotatable bonds is 3. The number of amides is 1. The van der Waals surface area contributed by atoms with E-state index in [0.29, 0.717) is 17.5 Å². The van der Waals surface area contributed by atoms with Gasteiger partial charge in [-0.15, -0.1) is 12.4 Å². The summed E-state index contributed by atoms with van der Waals surface area (Å²) in [6.07, 6.45) is 3.79. The van der Waals surface area contributed by atoms with Crippen molar-refractivity contribution in [3.05, 3.63) is 35.4 Å². The summed E-state index contributed by atoms with van der Waals surface area (Å²) in [7, 11) is 0. The van der Waals surface area contributed by atoms with Crippen LogP contribution in [-0.2, 0) is 6.54 Å². The summed E-state index contributed by atoms with van der Waals surface area (Å²) >= 11 is 0. The number of carbonyl (C=O) groups is 1. The molecule has 4 N–H and O–H groups in total. The lowest BCUT2D eigenvalue weighted by Crippen LogP contribution is -2.38. The van der Waals surface area contributed by atoms with E-state index in [4.69, 9.17) is 11.5 Å². The second-order valence-electron chi connectivity index (χ2n) is 6.27. The summed E-state index contributed by atoms with van der Waals surface area (Å²) < 4.78 is 0. The maximum absolute atomic E-state index is 11.1. The number of hydrogen-bond donors (Lipinski definition) is 2. The standard InChI is InChI=1S/C16H23N3O.ClH/c17-15-3-1-2-13-9-19(10-14(13)15)8-11-4-6-12(7-5-11)16(18)20;/h4-7,13-15H,1-3,8-10,17H2,(H2,18,20);1H. The predicted octanol–water partition coefficient (Wildman–Crippen LogP) is 1.77. The highest BCUT2D eigenvalue weighted by atomic mass is 35.5. The number of fused-ring (bicyclic) bond motifs is 1. The molecule has 21 heavy (non-hydrogen) atoms. The van der Waals surface area contributed by atoms with Gasteiger partial charge in [-0.2, -0.15) is 0 Å². The minimum atomic E-state index is -0.366. The number of halogens is 1. The molecule has 116 valence electrons. The molecule has 1 heterocycles. The van der Waals surface area contributed by atoms with Gasteiger partial charge in [0.2, 0.25) is 5.91 Å². The lowest BCUT2D eigenvalue weighted by atomic mass is 9.78. The third-order valence-corrected chi connectivity index (χ3v) is 4.87. The van der Waals surface area contributed by atoms with Gasteiger partial charge in [-0.05, 0) is 42.4 Å². The molecule has 2 aliphatic rings. The van der Waals surface area contributed by atoms with E-state index in [9.17, 15) is 4.79 Å². The van der Waals surface area contributed by atoms with Crippen molar-refractivity contribution < 1.29 is 4.79 Å². The maximum atomic E-state index is 11.1. The molecule has 1 aliphatic heterocycles. The summed E-state index contributed by atoms with van der Waals surface area (Å²) in [5.41, 5.74) is 13.3. The van der Waals surface area contributed by atoms with Crippen molar-refractivity contribution in [2.45, 2.75) is 31.8 Å². The van der Waals surface area contributed by atoms with E-state index in [1.165, 1.54) is 24.8 Å². The zero-order valence-corrected chi connectivity index (χ0v) is 13.0. The van der Waals surface area contributed by atoms with Crippen molar-refractivity contribution in [2.75, 3.05) is 13.1 Å². The molecule has 5 heteroatoms. The number of nitrogens with zero attached hydrogens (tertiary/aromatic N) is 1. The van der Waals surface area contributed by atoms with E-state index < -0.39 is 0 Å². The van der Waals surface area contributed by atoms with Crippen LogP contribution in [0.2, 0.25) is 0 Å². The maximum Gasteiger partial charge on any atom is 0.248 e. The summed E-state index contributed by atoms with van der Waals surface area (Å²) in [5.74, 6) is 1.09. The topological polar surface area (TPSA) is 72.4 Å². The molecular formula is C16H24ClN3O. The zero-order valence-electron chi connectivity index (χ0n) is 12.2. The van der Waals surface area contributed by atoms with Gasteiger partial charge in [0.1, 0.15) is 0 Å². The van der Waals surface area contributed by atoms with Gasteiger partial charge >= 0.3 is 0 Å². The lowest BCUT2D eigenvalue weighted by molar-refractivity contribution is 0.100. The minimum Gasteiger partial charge on any atom is -0.366 e. The molecule has 3 unspecified atom stereocenters. The molecule has 1 aromatic carbocycles. The third-order valence-electron chi connectivity index (χ3n) is 4.87. The van der Waals surface area contributed by atoms with Gasteiger partial charge in [0.05, 0.1) is 0 Å². The Morgan fingerprint density at radius 3 is 2.52 bits per heavy atom. The Morgan fingerprint density at radius 2 is 1.90 bits per heavy atom. The molecule has 4 nitrogen and oxygen atoms in total. The van der Waals surface area contributed by atoms with Crippen LogP contribution in [0.25, 0.3) is 0 Å². The SMILES string of the molecule is Cl.NC(=O)c1ccc(CN2CC3CCCC(N)C3C2)cc1. The molecule has 1 aromatic rings.